The van der Waals surface area contributed by atoms with E-state index in [1.165, 1.54) is 30.3 Å². The fraction of sp³-hybridized carbons (Fsp3) is 0.273. The molecule has 0 bridgehead atoms. The number of carbonyl (C=O) groups is 2. The third-order valence-electron chi connectivity index (χ3n) is 4.13. The molecular weight excluding hydrogens is 406 g/mol. The maximum atomic E-state index is 12.3. The van der Waals surface area contributed by atoms with Crippen LogP contribution in [0.4, 0.5) is 0 Å². The van der Waals surface area contributed by atoms with Crippen LogP contribution in [0.25, 0.3) is 6.08 Å². The van der Waals surface area contributed by atoms with Crippen LogP contribution in [0.3, 0.4) is 0 Å². The summed E-state index contributed by atoms with van der Waals surface area (Å²) >= 11 is 0. The van der Waals surface area contributed by atoms with Crippen LogP contribution in [0.5, 0.6) is 5.75 Å². The Hall–Kier alpha value is -2.97. The van der Waals surface area contributed by atoms with Gasteiger partial charge in [0.05, 0.1) is 11.5 Å². The quantitative estimate of drug-likeness (QED) is 0.417. The van der Waals surface area contributed by atoms with Gasteiger partial charge in [-0.2, -0.15) is 4.72 Å². The largest absolute Gasteiger partial charge is 0.494 e. The van der Waals surface area contributed by atoms with Crippen LogP contribution in [-0.2, 0) is 14.8 Å². The number of rotatable bonds is 11. The van der Waals surface area contributed by atoms with Crippen LogP contribution in [-0.4, -0.2) is 38.4 Å². The summed E-state index contributed by atoms with van der Waals surface area (Å²) in [5, 5.41) is 8.58. The van der Waals surface area contributed by atoms with Crippen LogP contribution < -0.4 is 9.46 Å². The van der Waals surface area contributed by atoms with Gasteiger partial charge in [0.25, 0.3) is 0 Å². The zero-order valence-corrected chi connectivity index (χ0v) is 17.7. The van der Waals surface area contributed by atoms with Gasteiger partial charge in [0.1, 0.15) is 12.3 Å². The molecule has 0 unspecified atom stereocenters. The summed E-state index contributed by atoms with van der Waals surface area (Å²) in [6, 6.07) is 12.7. The number of aliphatic carboxylic acids is 1. The molecule has 0 spiro atoms. The first kappa shape index (κ1) is 23.3. The predicted octanol–water partition coefficient (Wildman–Crippen LogP) is 3.37. The smallest absolute Gasteiger partial charge is 0.318 e. The van der Waals surface area contributed by atoms with Gasteiger partial charge in [-0.3, -0.25) is 9.59 Å². The second-order valence-corrected chi connectivity index (χ2v) is 8.81. The Morgan fingerprint density at radius 1 is 1.07 bits per heavy atom. The van der Waals surface area contributed by atoms with E-state index in [1.54, 1.807) is 6.08 Å². The lowest BCUT2D eigenvalue weighted by atomic mass is 10.1. The normalized spacial score (nSPS) is 11.7. The highest BCUT2D eigenvalue weighted by Gasteiger charge is 2.15. The van der Waals surface area contributed by atoms with Crippen molar-refractivity contribution < 1.29 is 27.9 Å². The van der Waals surface area contributed by atoms with E-state index >= 15 is 0 Å². The standard InChI is InChI=1S/C22H25NO6S/c1-16(2)13-14-29-19-8-3-17(4-9-19)5-12-21(24)18-6-10-20(11-7-18)30(27,28)23-15-22(25)26/h3-12,16,23H,13-15H2,1-2H3,(H,25,26)/b12-5+. The SMILES string of the molecule is CC(C)CCOc1ccc(/C=C/C(=O)c2ccc(S(=O)(=O)NCC(=O)O)cc2)cc1. The molecule has 160 valence electrons. The highest BCUT2D eigenvalue weighted by atomic mass is 32.2. The van der Waals surface area contributed by atoms with Crippen LogP contribution in [0.1, 0.15) is 36.2 Å². The summed E-state index contributed by atoms with van der Waals surface area (Å²) < 4.78 is 31.6. The van der Waals surface area contributed by atoms with E-state index in [0.717, 1.165) is 17.7 Å². The lowest BCUT2D eigenvalue weighted by molar-refractivity contribution is -0.135. The second-order valence-electron chi connectivity index (χ2n) is 7.04. The molecule has 0 aliphatic rings. The topological polar surface area (TPSA) is 110 Å². The zero-order valence-electron chi connectivity index (χ0n) is 16.9. The minimum Gasteiger partial charge on any atom is -0.494 e. The average molecular weight is 432 g/mol. The number of allylic oxidation sites excluding steroid dienone is 1. The van der Waals surface area contributed by atoms with Crippen molar-refractivity contribution in [1.29, 1.82) is 0 Å². The predicted molar refractivity (Wildman–Crippen MR) is 114 cm³/mol. The fourth-order valence-electron chi connectivity index (χ4n) is 2.39. The van der Waals surface area contributed by atoms with Crippen molar-refractivity contribution in [3.63, 3.8) is 0 Å². The van der Waals surface area contributed by atoms with Crippen molar-refractivity contribution in [2.75, 3.05) is 13.2 Å². The molecule has 7 nitrogen and oxygen atoms in total. The molecule has 30 heavy (non-hydrogen) atoms. The molecule has 0 aliphatic carbocycles. The van der Waals surface area contributed by atoms with Gasteiger partial charge in [0, 0.05) is 5.56 Å². The van der Waals surface area contributed by atoms with Crippen LogP contribution in [0, 0.1) is 5.92 Å². The molecule has 2 N–H and O–H groups in total. The molecule has 0 saturated heterocycles. The minimum atomic E-state index is -3.94. The zero-order chi connectivity index (χ0) is 22.1. The molecule has 0 amide bonds. The Labute approximate surface area is 176 Å². The van der Waals surface area contributed by atoms with E-state index in [4.69, 9.17) is 9.84 Å². The van der Waals surface area contributed by atoms with Crippen molar-refractivity contribution in [1.82, 2.24) is 4.72 Å². The lowest BCUT2D eigenvalue weighted by Gasteiger charge is -2.08. The van der Waals surface area contributed by atoms with Gasteiger partial charge in [-0.05, 0) is 60.4 Å². The number of hydrogen-bond acceptors (Lipinski definition) is 5. The van der Waals surface area contributed by atoms with Gasteiger partial charge >= 0.3 is 5.97 Å². The molecule has 0 fully saturated rings. The van der Waals surface area contributed by atoms with Crippen molar-refractivity contribution in [3.05, 3.63) is 65.7 Å². The van der Waals surface area contributed by atoms with Crippen LogP contribution in [0.15, 0.2) is 59.5 Å². The minimum absolute atomic E-state index is 0.114. The van der Waals surface area contributed by atoms with Gasteiger partial charge in [-0.15, -0.1) is 0 Å². The molecule has 0 radical (unpaired) electrons. The molecule has 8 heteroatoms. The maximum Gasteiger partial charge on any atom is 0.318 e. The monoisotopic (exact) mass is 431 g/mol. The van der Waals surface area contributed by atoms with Gasteiger partial charge < -0.3 is 9.84 Å². The maximum absolute atomic E-state index is 12.3. The fourth-order valence-corrected chi connectivity index (χ4v) is 3.37. The van der Waals surface area contributed by atoms with E-state index in [9.17, 15) is 18.0 Å². The van der Waals surface area contributed by atoms with E-state index in [0.29, 0.717) is 18.1 Å². The van der Waals surface area contributed by atoms with Crippen molar-refractivity contribution in [3.8, 4) is 5.75 Å². The second kappa shape index (κ2) is 10.7. The summed E-state index contributed by atoms with van der Waals surface area (Å²) in [5.41, 5.74) is 1.15. The molecule has 0 aliphatic heterocycles. The Bertz CT molecular complexity index is 993. The molecular formula is C22H25NO6S. The van der Waals surface area contributed by atoms with E-state index in [2.05, 4.69) is 13.8 Å². The Morgan fingerprint density at radius 3 is 2.27 bits per heavy atom. The summed E-state index contributed by atoms with van der Waals surface area (Å²) in [6.45, 7) is 4.21. The number of carboxylic acid groups (broad SMARTS) is 1. The Morgan fingerprint density at radius 2 is 1.70 bits per heavy atom. The summed E-state index contributed by atoms with van der Waals surface area (Å²) in [7, 11) is -3.94. The molecule has 0 atom stereocenters. The first-order valence-electron chi connectivity index (χ1n) is 9.44. The number of carbonyl (C=O) groups excluding carboxylic acids is 1. The number of benzene rings is 2. The first-order valence-corrected chi connectivity index (χ1v) is 10.9. The van der Waals surface area contributed by atoms with Crippen LogP contribution >= 0.6 is 0 Å². The molecule has 2 aromatic carbocycles. The lowest BCUT2D eigenvalue weighted by Crippen LogP contribution is -2.29. The number of ether oxygens (including phenoxy) is 1. The van der Waals surface area contributed by atoms with Crippen LogP contribution in [0.2, 0.25) is 0 Å². The van der Waals surface area contributed by atoms with Crippen molar-refractivity contribution in [2.24, 2.45) is 5.92 Å². The number of carboxylic acids is 1. The number of nitrogens with one attached hydrogen (secondary N) is 1. The number of ketones is 1. The third kappa shape index (κ3) is 7.46. The highest BCUT2D eigenvalue weighted by molar-refractivity contribution is 7.89. The molecule has 0 aromatic heterocycles. The Balaban J connectivity index is 1.97. The first-order chi connectivity index (χ1) is 14.2. The van der Waals surface area contributed by atoms with Gasteiger partial charge in [0.15, 0.2) is 5.78 Å². The number of sulfonamides is 1. The summed E-state index contributed by atoms with van der Waals surface area (Å²) in [5.74, 6) is -0.221. The molecule has 2 rings (SSSR count). The van der Waals surface area contributed by atoms with E-state index < -0.39 is 22.5 Å². The van der Waals surface area contributed by atoms with Crippen molar-refractivity contribution in [2.45, 2.75) is 25.2 Å². The highest BCUT2D eigenvalue weighted by Crippen LogP contribution is 2.15. The average Bonchev–Trinajstić information content (AvgIpc) is 2.71. The van der Waals surface area contributed by atoms with Gasteiger partial charge in [-0.1, -0.05) is 32.1 Å². The molecule has 0 saturated carbocycles. The summed E-state index contributed by atoms with van der Waals surface area (Å²) in [6.07, 6.45) is 4.05. The van der Waals surface area contributed by atoms with E-state index in [-0.39, 0.29) is 10.7 Å². The number of hydrogen-bond donors (Lipinski definition) is 2. The summed E-state index contributed by atoms with van der Waals surface area (Å²) in [4.78, 5) is 22.7. The molecule has 2 aromatic rings. The third-order valence-corrected chi connectivity index (χ3v) is 5.55. The van der Waals surface area contributed by atoms with Gasteiger partial charge in [0.2, 0.25) is 10.0 Å². The molecule has 0 heterocycles. The van der Waals surface area contributed by atoms with Crippen molar-refractivity contribution >= 4 is 27.9 Å². The Kier molecular flexibility index (Phi) is 8.32. The van der Waals surface area contributed by atoms with E-state index in [1.807, 2.05) is 29.0 Å². The van der Waals surface area contributed by atoms with Gasteiger partial charge in [-0.25, -0.2) is 8.42 Å².